The largest absolute Gasteiger partial charge is 0.366 e. The van der Waals surface area contributed by atoms with Crippen LogP contribution in [-0.4, -0.2) is 14.8 Å². The molecule has 2 aromatic rings. The van der Waals surface area contributed by atoms with E-state index in [-0.39, 0.29) is 5.95 Å². The third kappa shape index (κ3) is 1.90. The molecule has 0 saturated carbocycles. The number of nitrogen functional groups attached to an aromatic ring is 1. The third-order valence-corrected chi connectivity index (χ3v) is 2.17. The molecular weight excluding hydrogens is 190 g/mol. The molecular formula is C10H13N5. The fourth-order valence-electron chi connectivity index (χ4n) is 1.35. The topological polar surface area (TPSA) is 68.8 Å². The van der Waals surface area contributed by atoms with Crippen molar-refractivity contribution in [1.82, 2.24) is 14.8 Å². The van der Waals surface area contributed by atoms with E-state index in [9.17, 15) is 0 Å². The summed E-state index contributed by atoms with van der Waals surface area (Å²) >= 11 is 0. The van der Waals surface area contributed by atoms with Gasteiger partial charge in [0.15, 0.2) is 0 Å². The van der Waals surface area contributed by atoms with Crippen molar-refractivity contribution in [1.29, 1.82) is 0 Å². The molecule has 0 spiro atoms. The highest BCUT2D eigenvalue weighted by atomic mass is 15.4. The molecule has 15 heavy (non-hydrogen) atoms. The van der Waals surface area contributed by atoms with E-state index in [4.69, 9.17) is 5.73 Å². The molecule has 78 valence electrons. The summed E-state index contributed by atoms with van der Waals surface area (Å²) in [4.78, 5) is 4.07. The van der Waals surface area contributed by atoms with Crippen molar-refractivity contribution in [3.8, 4) is 0 Å². The minimum atomic E-state index is 0.272. The Morgan fingerprint density at radius 3 is 2.67 bits per heavy atom. The molecule has 2 rings (SSSR count). The van der Waals surface area contributed by atoms with E-state index in [1.54, 1.807) is 11.7 Å². The summed E-state index contributed by atoms with van der Waals surface area (Å²) in [6, 6.07) is 7.98. The fraction of sp³-hybridized carbons (Fsp3) is 0.200. The zero-order valence-electron chi connectivity index (χ0n) is 8.73. The molecule has 0 bridgehead atoms. The summed E-state index contributed by atoms with van der Waals surface area (Å²) in [5.74, 6) is 0.912. The predicted octanol–water partition coefficient (Wildman–Crippen LogP) is 1.45. The fourth-order valence-corrected chi connectivity index (χ4v) is 1.35. The Morgan fingerprint density at radius 2 is 2.07 bits per heavy atom. The van der Waals surface area contributed by atoms with Crippen LogP contribution in [0.5, 0.6) is 0 Å². The standard InChI is InChI=1S/C10H13N5/c1-7-5-3-4-6-8(7)12-10-13-9(11)14-15(10)2/h3-6H,1-2H3,(H3,11,12,13,14). The van der Waals surface area contributed by atoms with Gasteiger partial charge in [-0.3, -0.25) is 0 Å². The Labute approximate surface area is 87.9 Å². The van der Waals surface area contributed by atoms with Gasteiger partial charge in [0, 0.05) is 12.7 Å². The minimum Gasteiger partial charge on any atom is -0.366 e. The maximum absolute atomic E-state index is 5.49. The Bertz CT molecular complexity index is 474. The number of hydrogen-bond acceptors (Lipinski definition) is 4. The molecule has 0 unspecified atom stereocenters. The summed E-state index contributed by atoms with van der Waals surface area (Å²) in [6.07, 6.45) is 0. The quantitative estimate of drug-likeness (QED) is 0.775. The number of aromatic nitrogens is 3. The Hall–Kier alpha value is -2.04. The minimum absolute atomic E-state index is 0.272. The first-order chi connectivity index (χ1) is 7.16. The van der Waals surface area contributed by atoms with Gasteiger partial charge in [-0.25, -0.2) is 4.68 Å². The van der Waals surface area contributed by atoms with Crippen molar-refractivity contribution in [3.05, 3.63) is 29.8 Å². The summed E-state index contributed by atoms with van der Waals surface area (Å²) in [6.45, 7) is 2.03. The molecule has 5 heteroatoms. The smallest absolute Gasteiger partial charge is 0.241 e. The highest BCUT2D eigenvalue weighted by molar-refractivity contribution is 5.58. The van der Waals surface area contributed by atoms with Crippen molar-refractivity contribution < 1.29 is 0 Å². The Balaban J connectivity index is 2.29. The van der Waals surface area contributed by atoms with E-state index in [0.29, 0.717) is 5.95 Å². The van der Waals surface area contributed by atoms with Crippen molar-refractivity contribution in [2.75, 3.05) is 11.1 Å². The third-order valence-electron chi connectivity index (χ3n) is 2.17. The zero-order chi connectivity index (χ0) is 10.8. The van der Waals surface area contributed by atoms with Crippen LogP contribution in [0.15, 0.2) is 24.3 Å². The van der Waals surface area contributed by atoms with Gasteiger partial charge in [-0.05, 0) is 18.6 Å². The number of nitrogens with zero attached hydrogens (tertiary/aromatic N) is 3. The van der Waals surface area contributed by atoms with E-state index in [1.807, 2.05) is 31.2 Å². The van der Waals surface area contributed by atoms with E-state index in [1.165, 1.54) is 0 Å². The van der Waals surface area contributed by atoms with E-state index >= 15 is 0 Å². The number of para-hydroxylation sites is 1. The summed E-state index contributed by atoms with van der Waals surface area (Å²) < 4.78 is 1.61. The van der Waals surface area contributed by atoms with Crippen LogP contribution in [0, 0.1) is 6.92 Å². The lowest BCUT2D eigenvalue weighted by Gasteiger charge is -2.06. The monoisotopic (exact) mass is 203 g/mol. The average Bonchev–Trinajstić information content (AvgIpc) is 2.49. The number of aryl methyl sites for hydroxylation is 2. The van der Waals surface area contributed by atoms with Crippen molar-refractivity contribution in [2.24, 2.45) is 7.05 Å². The van der Waals surface area contributed by atoms with Gasteiger partial charge in [0.2, 0.25) is 11.9 Å². The second-order valence-electron chi connectivity index (χ2n) is 3.36. The number of hydrogen-bond donors (Lipinski definition) is 2. The maximum Gasteiger partial charge on any atom is 0.241 e. The molecule has 0 saturated heterocycles. The van der Waals surface area contributed by atoms with Crippen LogP contribution in [0.3, 0.4) is 0 Å². The average molecular weight is 203 g/mol. The van der Waals surface area contributed by atoms with Crippen LogP contribution in [-0.2, 0) is 7.05 Å². The first-order valence-corrected chi connectivity index (χ1v) is 4.66. The van der Waals surface area contributed by atoms with Gasteiger partial charge >= 0.3 is 0 Å². The van der Waals surface area contributed by atoms with E-state index < -0.39 is 0 Å². The summed E-state index contributed by atoms with van der Waals surface area (Å²) in [5, 5.41) is 7.13. The molecule has 0 atom stereocenters. The highest BCUT2D eigenvalue weighted by Crippen LogP contribution is 2.18. The first-order valence-electron chi connectivity index (χ1n) is 4.66. The lowest BCUT2D eigenvalue weighted by Crippen LogP contribution is -2.01. The molecule has 0 aliphatic heterocycles. The highest BCUT2D eigenvalue weighted by Gasteiger charge is 2.05. The zero-order valence-corrected chi connectivity index (χ0v) is 8.73. The van der Waals surface area contributed by atoms with Crippen LogP contribution in [0.25, 0.3) is 0 Å². The van der Waals surface area contributed by atoms with Gasteiger partial charge in [-0.2, -0.15) is 4.98 Å². The number of anilines is 3. The molecule has 1 aromatic carbocycles. The van der Waals surface area contributed by atoms with Gasteiger partial charge in [-0.1, -0.05) is 18.2 Å². The van der Waals surface area contributed by atoms with Crippen LogP contribution >= 0.6 is 0 Å². The molecule has 1 heterocycles. The van der Waals surface area contributed by atoms with Crippen LogP contribution in [0.2, 0.25) is 0 Å². The lowest BCUT2D eigenvalue weighted by atomic mass is 10.2. The first kappa shape index (κ1) is 9.51. The van der Waals surface area contributed by atoms with E-state index in [0.717, 1.165) is 11.3 Å². The molecule has 3 N–H and O–H groups in total. The van der Waals surface area contributed by atoms with Crippen molar-refractivity contribution in [2.45, 2.75) is 6.92 Å². The molecule has 0 radical (unpaired) electrons. The second-order valence-corrected chi connectivity index (χ2v) is 3.36. The molecule has 0 aliphatic rings. The van der Waals surface area contributed by atoms with Gasteiger partial charge in [0.05, 0.1) is 0 Å². The molecule has 1 aromatic heterocycles. The number of benzene rings is 1. The molecule has 5 nitrogen and oxygen atoms in total. The molecule has 0 aliphatic carbocycles. The number of nitrogens with two attached hydrogens (primary N) is 1. The Morgan fingerprint density at radius 1 is 1.33 bits per heavy atom. The lowest BCUT2D eigenvalue weighted by molar-refractivity contribution is 0.779. The maximum atomic E-state index is 5.49. The number of rotatable bonds is 2. The van der Waals surface area contributed by atoms with Crippen molar-refractivity contribution in [3.63, 3.8) is 0 Å². The number of nitrogens with one attached hydrogen (secondary N) is 1. The predicted molar refractivity (Wildman–Crippen MR) is 59.9 cm³/mol. The second kappa shape index (κ2) is 3.61. The SMILES string of the molecule is Cc1ccccc1Nc1nc(N)nn1C. The van der Waals surface area contributed by atoms with Crippen molar-refractivity contribution >= 4 is 17.6 Å². The van der Waals surface area contributed by atoms with Gasteiger partial charge in [0.25, 0.3) is 0 Å². The molecule has 0 amide bonds. The molecule has 0 fully saturated rings. The van der Waals surface area contributed by atoms with Crippen LogP contribution < -0.4 is 11.1 Å². The van der Waals surface area contributed by atoms with Gasteiger partial charge in [-0.15, -0.1) is 5.10 Å². The van der Waals surface area contributed by atoms with E-state index in [2.05, 4.69) is 15.4 Å². The van der Waals surface area contributed by atoms with Crippen LogP contribution in [0.4, 0.5) is 17.6 Å². The Kier molecular flexibility index (Phi) is 2.29. The van der Waals surface area contributed by atoms with Crippen LogP contribution in [0.1, 0.15) is 5.56 Å². The summed E-state index contributed by atoms with van der Waals surface area (Å²) in [5.41, 5.74) is 7.65. The normalized spacial score (nSPS) is 10.3. The summed E-state index contributed by atoms with van der Waals surface area (Å²) in [7, 11) is 1.80. The van der Waals surface area contributed by atoms with Gasteiger partial charge in [0.1, 0.15) is 0 Å². The van der Waals surface area contributed by atoms with Gasteiger partial charge < -0.3 is 11.1 Å².